The Morgan fingerprint density at radius 2 is 1.19 bits per heavy atom. The van der Waals surface area contributed by atoms with Crippen molar-refractivity contribution in [3.05, 3.63) is 111 Å². The maximum Gasteiger partial charge on any atom is 0.169 e. The fourth-order valence-corrected chi connectivity index (χ4v) is 6.52. The second kappa shape index (κ2) is 12.7. The van der Waals surface area contributed by atoms with Gasteiger partial charge in [0, 0.05) is 12.1 Å². The zero-order valence-electron chi connectivity index (χ0n) is 25.9. The van der Waals surface area contributed by atoms with Gasteiger partial charge in [0.2, 0.25) is 0 Å². The van der Waals surface area contributed by atoms with Gasteiger partial charge in [-0.3, -0.25) is 0 Å². The van der Waals surface area contributed by atoms with Gasteiger partial charge in [0.15, 0.2) is 23.0 Å². The Balaban J connectivity index is 1.18. The quantitative estimate of drug-likeness (QED) is 0.224. The van der Waals surface area contributed by atoms with E-state index in [1.54, 1.807) is 21.3 Å². The summed E-state index contributed by atoms with van der Waals surface area (Å²) in [6, 6.07) is 24.0. The molecule has 2 aliphatic rings. The summed E-state index contributed by atoms with van der Waals surface area (Å²) in [5.41, 5.74) is 10.6. The predicted molar refractivity (Wildman–Crippen MR) is 171 cm³/mol. The van der Waals surface area contributed by atoms with E-state index in [9.17, 15) is 0 Å². The lowest BCUT2D eigenvalue weighted by molar-refractivity contribution is 0.352. The molecule has 0 saturated carbocycles. The largest absolute Gasteiger partial charge is 0.493 e. The number of aryl methyl sites for hydroxylation is 2. The fraction of sp³-hybridized carbons (Fsp3) is 0.351. The van der Waals surface area contributed by atoms with Crippen molar-refractivity contribution in [2.45, 2.75) is 51.6 Å². The molecule has 0 amide bonds. The molecule has 6 heteroatoms. The molecular weight excluding hydrogens is 536 g/mol. The van der Waals surface area contributed by atoms with E-state index in [1.807, 2.05) is 12.1 Å². The Morgan fingerprint density at radius 3 is 1.88 bits per heavy atom. The monoisotopic (exact) mass is 578 g/mol. The molecule has 0 aromatic heterocycles. The molecule has 6 nitrogen and oxygen atoms in total. The first-order chi connectivity index (χ1) is 20.9. The summed E-state index contributed by atoms with van der Waals surface area (Å²) >= 11 is 0. The highest BCUT2D eigenvalue weighted by atomic mass is 16.5. The van der Waals surface area contributed by atoms with Crippen molar-refractivity contribution in [1.29, 1.82) is 0 Å². The molecule has 0 radical (unpaired) electrons. The first-order valence-electron chi connectivity index (χ1n) is 15.2. The van der Waals surface area contributed by atoms with E-state index in [0.29, 0.717) is 5.75 Å². The molecule has 43 heavy (non-hydrogen) atoms. The Hall–Kier alpha value is -4.00. The van der Waals surface area contributed by atoms with Gasteiger partial charge < -0.3 is 29.6 Å². The zero-order chi connectivity index (χ0) is 29.9. The molecule has 2 N–H and O–H groups in total. The van der Waals surface area contributed by atoms with Gasteiger partial charge in [0.1, 0.15) is 5.75 Å². The third-order valence-corrected chi connectivity index (χ3v) is 8.96. The van der Waals surface area contributed by atoms with Crippen molar-refractivity contribution < 1.29 is 18.9 Å². The van der Waals surface area contributed by atoms with E-state index in [0.717, 1.165) is 61.8 Å². The number of rotatable bonds is 9. The van der Waals surface area contributed by atoms with Crippen molar-refractivity contribution in [2.24, 2.45) is 0 Å². The van der Waals surface area contributed by atoms with Gasteiger partial charge >= 0.3 is 0 Å². The predicted octanol–water partition coefficient (Wildman–Crippen LogP) is 6.98. The van der Waals surface area contributed by atoms with E-state index < -0.39 is 0 Å². The van der Waals surface area contributed by atoms with Crippen molar-refractivity contribution in [1.82, 2.24) is 10.6 Å². The first kappa shape index (κ1) is 29.1. The van der Waals surface area contributed by atoms with Gasteiger partial charge in [-0.15, -0.1) is 0 Å². The van der Waals surface area contributed by atoms with Crippen LogP contribution in [0.15, 0.2) is 66.7 Å². The lowest BCUT2D eigenvalue weighted by Crippen LogP contribution is -2.31. The number of benzene rings is 4. The maximum atomic E-state index is 6.40. The molecule has 2 heterocycles. The topological polar surface area (TPSA) is 61.0 Å². The average Bonchev–Trinajstić information content (AvgIpc) is 3.02. The summed E-state index contributed by atoms with van der Waals surface area (Å²) < 4.78 is 23.3. The van der Waals surface area contributed by atoms with Crippen molar-refractivity contribution in [2.75, 3.05) is 34.4 Å². The molecule has 0 spiro atoms. The Labute approximate surface area is 255 Å². The molecule has 0 unspecified atom stereocenters. The fourth-order valence-electron chi connectivity index (χ4n) is 6.52. The van der Waals surface area contributed by atoms with Crippen molar-refractivity contribution in [3.63, 3.8) is 0 Å². The summed E-state index contributed by atoms with van der Waals surface area (Å²) in [6.07, 6.45) is 3.78. The van der Waals surface area contributed by atoms with Crippen LogP contribution in [-0.2, 0) is 25.7 Å². The van der Waals surface area contributed by atoms with Crippen molar-refractivity contribution in [3.8, 4) is 28.7 Å². The summed E-state index contributed by atoms with van der Waals surface area (Å²) in [5.74, 6) is 3.78. The summed E-state index contributed by atoms with van der Waals surface area (Å²) in [6.45, 7) is 6.32. The van der Waals surface area contributed by atoms with Crippen LogP contribution in [0.25, 0.3) is 0 Å². The Bertz CT molecular complexity index is 1610. The van der Waals surface area contributed by atoms with Crippen LogP contribution in [0.3, 0.4) is 0 Å². The number of hydrogen-bond acceptors (Lipinski definition) is 6. The average molecular weight is 579 g/mol. The highest BCUT2D eigenvalue weighted by Gasteiger charge is 2.24. The molecular formula is C37H42N2O4. The minimum Gasteiger partial charge on any atom is -0.493 e. The molecule has 4 aromatic carbocycles. The molecule has 2 aliphatic heterocycles. The van der Waals surface area contributed by atoms with Gasteiger partial charge in [-0.05, 0) is 134 Å². The van der Waals surface area contributed by atoms with E-state index in [-0.39, 0.29) is 12.1 Å². The van der Waals surface area contributed by atoms with Crippen LogP contribution in [0.5, 0.6) is 28.7 Å². The second-order valence-corrected chi connectivity index (χ2v) is 11.7. The third kappa shape index (κ3) is 6.22. The molecule has 0 bridgehead atoms. The van der Waals surface area contributed by atoms with Gasteiger partial charge in [0.25, 0.3) is 0 Å². The van der Waals surface area contributed by atoms with E-state index in [2.05, 4.69) is 79.1 Å². The summed E-state index contributed by atoms with van der Waals surface area (Å²) in [4.78, 5) is 0. The van der Waals surface area contributed by atoms with Gasteiger partial charge in [-0.1, -0.05) is 30.3 Å². The van der Waals surface area contributed by atoms with E-state index >= 15 is 0 Å². The number of hydrogen-bond donors (Lipinski definition) is 2. The van der Waals surface area contributed by atoms with Crippen LogP contribution in [0.1, 0.15) is 56.6 Å². The molecule has 2 atom stereocenters. The molecule has 0 fully saturated rings. The van der Waals surface area contributed by atoms with Crippen LogP contribution < -0.4 is 29.6 Å². The number of ether oxygens (including phenoxy) is 4. The smallest absolute Gasteiger partial charge is 0.169 e. The lowest BCUT2D eigenvalue weighted by Gasteiger charge is -2.28. The van der Waals surface area contributed by atoms with E-state index in [4.69, 9.17) is 18.9 Å². The highest BCUT2D eigenvalue weighted by molar-refractivity contribution is 5.51. The SMILES string of the molecule is COc1cc2c(cc1OC)[C@@H](Cc1cccc(Oc3ccc(C[C@H]4NCCc5cc(C)c(C)cc54)cc3OC)c1)NCC2. The van der Waals surface area contributed by atoms with Crippen LogP contribution in [0.2, 0.25) is 0 Å². The summed E-state index contributed by atoms with van der Waals surface area (Å²) in [5, 5.41) is 7.42. The first-order valence-corrected chi connectivity index (χ1v) is 15.2. The molecule has 4 aromatic rings. The highest BCUT2D eigenvalue weighted by Crippen LogP contribution is 2.38. The van der Waals surface area contributed by atoms with Crippen LogP contribution in [0.4, 0.5) is 0 Å². The third-order valence-electron chi connectivity index (χ3n) is 8.96. The van der Waals surface area contributed by atoms with E-state index in [1.165, 1.54) is 44.5 Å². The van der Waals surface area contributed by atoms with Crippen LogP contribution >= 0.6 is 0 Å². The van der Waals surface area contributed by atoms with Gasteiger partial charge in [0.05, 0.1) is 21.3 Å². The summed E-state index contributed by atoms with van der Waals surface area (Å²) in [7, 11) is 5.08. The van der Waals surface area contributed by atoms with Crippen molar-refractivity contribution >= 4 is 0 Å². The number of methoxy groups -OCH3 is 3. The minimum atomic E-state index is 0.179. The lowest BCUT2D eigenvalue weighted by atomic mass is 9.87. The standard InChI is InChI=1S/C37H42N2O4/c1-23-15-27-11-13-38-32(30(27)16-24(23)2)19-26-9-10-34(35(20-26)40-3)43-29-8-6-7-25(17-29)18-33-31-22-37(42-5)36(41-4)21-28(31)12-14-39-33/h6-10,15-17,20-22,32-33,38-39H,11-14,18-19H2,1-5H3/t32-,33-/m1/s1. The number of nitrogens with one attached hydrogen (secondary N) is 2. The maximum absolute atomic E-state index is 6.40. The van der Waals surface area contributed by atoms with Crippen LogP contribution in [-0.4, -0.2) is 34.4 Å². The van der Waals surface area contributed by atoms with Gasteiger partial charge in [-0.25, -0.2) is 0 Å². The normalized spacial score (nSPS) is 17.5. The number of fused-ring (bicyclic) bond motifs is 2. The molecule has 224 valence electrons. The van der Waals surface area contributed by atoms with Crippen LogP contribution in [0, 0.1) is 13.8 Å². The second-order valence-electron chi connectivity index (χ2n) is 11.7. The molecule has 6 rings (SSSR count). The van der Waals surface area contributed by atoms with Gasteiger partial charge in [-0.2, -0.15) is 0 Å². The Kier molecular flexibility index (Phi) is 8.59. The molecule has 0 saturated heterocycles. The zero-order valence-corrected chi connectivity index (χ0v) is 25.9. The molecule has 0 aliphatic carbocycles. The minimum absolute atomic E-state index is 0.179. The Morgan fingerprint density at radius 1 is 0.605 bits per heavy atom.